The minimum Gasteiger partial charge on any atom is -0.298 e. The lowest BCUT2D eigenvalue weighted by atomic mass is 10.2. The van der Waals surface area contributed by atoms with E-state index in [0.717, 1.165) is 33.9 Å². The number of para-hydroxylation sites is 1. The Hall–Kier alpha value is -1.57. The minimum atomic E-state index is -0.192. The average Bonchev–Trinajstić information content (AvgIpc) is 3.13. The molecule has 1 atom stereocenters. The van der Waals surface area contributed by atoms with E-state index in [9.17, 15) is 4.79 Å². The van der Waals surface area contributed by atoms with E-state index in [1.807, 2.05) is 24.3 Å². The first-order valence-electron chi connectivity index (χ1n) is 6.24. The summed E-state index contributed by atoms with van der Waals surface area (Å²) in [4.78, 5) is 16.8. The summed E-state index contributed by atoms with van der Waals surface area (Å²) in [6, 6.07) is 7.81. The molecule has 4 rings (SSSR count). The van der Waals surface area contributed by atoms with Gasteiger partial charge in [0.1, 0.15) is 16.1 Å². The highest BCUT2D eigenvalue weighted by molar-refractivity contribution is 8.00. The van der Waals surface area contributed by atoms with Crippen LogP contribution in [0.2, 0.25) is 0 Å². The maximum atomic E-state index is 12.3. The maximum Gasteiger partial charge on any atom is 0.220 e. The van der Waals surface area contributed by atoms with Crippen molar-refractivity contribution < 1.29 is 4.79 Å². The molecule has 7 heteroatoms. The highest BCUT2D eigenvalue weighted by atomic mass is 32.2. The number of fused-ring (bicyclic) bond motifs is 3. The number of hydrogen-bond acceptors (Lipinski definition) is 7. The number of benzene rings is 1. The van der Waals surface area contributed by atoms with Crippen molar-refractivity contribution in [2.24, 2.45) is 0 Å². The highest BCUT2D eigenvalue weighted by Gasteiger charge is 2.27. The molecular weight excluding hydrogens is 292 g/mol. The van der Waals surface area contributed by atoms with Gasteiger partial charge in [0.05, 0.1) is 5.52 Å². The quantitative estimate of drug-likeness (QED) is 0.731. The molecule has 0 amide bonds. The normalized spacial score (nSPS) is 18.9. The lowest BCUT2D eigenvalue weighted by Crippen LogP contribution is -2.29. The molecule has 1 N–H and O–H groups in total. The van der Waals surface area contributed by atoms with Crippen LogP contribution < -0.4 is 5.32 Å². The van der Waals surface area contributed by atoms with Crippen molar-refractivity contribution in [1.29, 1.82) is 0 Å². The molecule has 0 radical (unpaired) electrons. The van der Waals surface area contributed by atoms with Crippen LogP contribution in [0.15, 0.2) is 24.3 Å². The predicted octanol–water partition coefficient (Wildman–Crippen LogP) is 2.04. The molecule has 0 aromatic heterocycles. The van der Waals surface area contributed by atoms with Crippen LogP contribution in [-0.2, 0) is 0 Å². The molecule has 0 aliphatic carbocycles. The third-order valence-electron chi connectivity index (χ3n) is 3.18. The molecule has 100 valence electrons. The standard InChI is InChI=1S/C13H10N4OS2/c18-10(12-14-5-6-19-12)13-17-16-9-7-3-1-2-4-8(7)15-11(9)20-13/h1-4,12,14H,5-6H2. The third kappa shape index (κ3) is 1.90. The van der Waals surface area contributed by atoms with Gasteiger partial charge in [0.25, 0.3) is 0 Å². The molecule has 1 aromatic carbocycles. The second-order valence-corrected chi connectivity index (χ2v) is 6.65. The van der Waals surface area contributed by atoms with Crippen LogP contribution in [0, 0.1) is 0 Å². The van der Waals surface area contributed by atoms with Gasteiger partial charge < -0.3 is 0 Å². The lowest BCUT2D eigenvalue weighted by Gasteiger charge is -2.06. The van der Waals surface area contributed by atoms with Crippen LogP contribution in [0.25, 0.3) is 21.6 Å². The van der Waals surface area contributed by atoms with E-state index in [2.05, 4.69) is 20.5 Å². The van der Waals surface area contributed by atoms with Crippen LogP contribution in [0.4, 0.5) is 0 Å². The Labute approximate surface area is 123 Å². The van der Waals surface area contributed by atoms with Crippen molar-refractivity contribution in [2.45, 2.75) is 5.37 Å². The molecule has 1 saturated heterocycles. The van der Waals surface area contributed by atoms with Gasteiger partial charge >= 0.3 is 0 Å². The fraction of sp³-hybridized carbons (Fsp3) is 0.231. The van der Waals surface area contributed by atoms with E-state index in [4.69, 9.17) is 0 Å². The van der Waals surface area contributed by atoms with Crippen LogP contribution >= 0.6 is 23.1 Å². The van der Waals surface area contributed by atoms with Crippen LogP contribution in [0.3, 0.4) is 0 Å². The zero-order valence-electron chi connectivity index (χ0n) is 10.4. The molecule has 0 spiro atoms. The molecule has 1 fully saturated rings. The zero-order valence-corrected chi connectivity index (χ0v) is 12.0. The van der Waals surface area contributed by atoms with E-state index in [-0.39, 0.29) is 11.2 Å². The van der Waals surface area contributed by atoms with Crippen molar-refractivity contribution in [3.63, 3.8) is 0 Å². The number of ketones is 1. The van der Waals surface area contributed by atoms with Gasteiger partial charge in [-0.15, -0.1) is 22.0 Å². The van der Waals surface area contributed by atoms with Gasteiger partial charge in [0.15, 0.2) is 5.01 Å². The molecular formula is C13H10N4OS2. The van der Waals surface area contributed by atoms with Crippen molar-refractivity contribution in [2.75, 3.05) is 12.3 Å². The Morgan fingerprint density at radius 3 is 3.05 bits per heavy atom. The van der Waals surface area contributed by atoms with Gasteiger partial charge in [-0.1, -0.05) is 29.5 Å². The number of nitrogens with zero attached hydrogens (tertiary/aromatic N) is 3. The van der Waals surface area contributed by atoms with Crippen molar-refractivity contribution in [3.05, 3.63) is 29.3 Å². The summed E-state index contributed by atoms with van der Waals surface area (Å²) in [5.41, 5.74) is 1.67. The summed E-state index contributed by atoms with van der Waals surface area (Å²) >= 11 is 2.93. The second kappa shape index (κ2) is 4.76. The van der Waals surface area contributed by atoms with Gasteiger partial charge in [0, 0.05) is 17.7 Å². The van der Waals surface area contributed by atoms with Gasteiger partial charge in [-0.05, 0) is 6.07 Å². The molecule has 1 unspecified atom stereocenters. The van der Waals surface area contributed by atoms with Gasteiger partial charge in [-0.25, -0.2) is 4.98 Å². The average molecular weight is 302 g/mol. The Kier molecular flexibility index (Phi) is 2.90. The summed E-state index contributed by atoms with van der Waals surface area (Å²) < 4.78 is 0. The third-order valence-corrected chi connectivity index (χ3v) is 5.29. The number of thioether (sulfide) groups is 1. The monoisotopic (exact) mass is 302 g/mol. The van der Waals surface area contributed by atoms with Gasteiger partial charge in [0.2, 0.25) is 5.78 Å². The van der Waals surface area contributed by atoms with Gasteiger partial charge in [-0.2, -0.15) is 0 Å². The molecule has 3 heterocycles. The van der Waals surface area contributed by atoms with Crippen LogP contribution in [0.5, 0.6) is 0 Å². The van der Waals surface area contributed by atoms with Gasteiger partial charge in [-0.3, -0.25) is 10.1 Å². The Balaban J connectivity index is 1.80. The number of carbonyl (C=O) groups is 1. The predicted molar refractivity (Wildman–Crippen MR) is 80.4 cm³/mol. The number of nitrogens with one attached hydrogen (secondary N) is 1. The van der Waals surface area contributed by atoms with E-state index >= 15 is 0 Å². The number of Topliss-reactive ketones (excluding diaryl/α,β-unsaturated/α-hetero) is 1. The maximum absolute atomic E-state index is 12.3. The van der Waals surface area contributed by atoms with Crippen LogP contribution in [-0.4, -0.2) is 38.6 Å². The summed E-state index contributed by atoms with van der Waals surface area (Å²) in [5.74, 6) is 0.953. The number of hydrogen-bond donors (Lipinski definition) is 1. The fourth-order valence-electron chi connectivity index (χ4n) is 2.23. The Morgan fingerprint density at radius 1 is 1.30 bits per heavy atom. The highest BCUT2D eigenvalue weighted by Crippen LogP contribution is 2.32. The first kappa shape index (κ1) is 12.2. The minimum absolute atomic E-state index is 0.000967. The molecule has 5 nitrogen and oxygen atoms in total. The molecule has 0 bridgehead atoms. The number of aromatic nitrogens is 3. The topological polar surface area (TPSA) is 67.8 Å². The molecule has 20 heavy (non-hydrogen) atoms. The van der Waals surface area contributed by atoms with Crippen molar-refractivity contribution in [1.82, 2.24) is 20.5 Å². The van der Waals surface area contributed by atoms with Crippen molar-refractivity contribution >= 4 is 39.8 Å². The second-order valence-electron chi connectivity index (χ2n) is 4.46. The largest absolute Gasteiger partial charge is 0.298 e. The molecule has 3 aliphatic rings. The summed E-state index contributed by atoms with van der Waals surface area (Å²) in [6.07, 6.45) is 0. The van der Waals surface area contributed by atoms with Crippen molar-refractivity contribution in [3.8, 4) is 10.7 Å². The van der Waals surface area contributed by atoms with Crippen LogP contribution in [0.1, 0.15) is 9.80 Å². The summed E-state index contributed by atoms with van der Waals surface area (Å²) in [7, 11) is 0. The SMILES string of the molecule is O=C(c1nnc2c3ccccc3nc-2s1)C1NCCS1. The Bertz CT molecular complexity index is 766. The molecule has 0 saturated carbocycles. The summed E-state index contributed by atoms with van der Waals surface area (Å²) in [5, 5.41) is 13.4. The first-order valence-corrected chi connectivity index (χ1v) is 8.10. The number of rotatable bonds is 2. The Morgan fingerprint density at radius 2 is 2.20 bits per heavy atom. The lowest BCUT2D eigenvalue weighted by molar-refractivity contribution is 0.0980. The van der Waals surface area contributed by atoms with E-state index < -0.39 is 0 Å². The first-order chi connectivity index (χ1) is 9.83. The number of carbonyl (C=O) groups excluding carboxylic acids is 1. The smallest absolute Gasteiger partial charge is 0.220 e. The van der Waals surface area contributed by atoms with E-state index in [1.165, 1.54) is 11.3 Å². The fourth-order valence-corrected chi connectivity index (χ4v) is 4.15. The molecule has 3 aliphatic heterocycles. The van der Waals surface area contributed by atoms with E-state index in [1.54, 1.807) is 11.8 Å². The van der Waals surface area contributed by atoms with E-state index in [0.29, 0.717) is 5.01 Å². The zero-order chi connectivity index (χ0) is 13.5. The summed E-state index contributed by atoms with van der Waals surface area (Å²) in [6.45, 7) is 0.861. The molecule has 1 aromatic rings.